The van der Waals surface area contributed by atoms with E-state index in [1.165, 1.54) is 6.08 Å². The first-order chi connectivity index (χ1) is 3.70. The van der Waals surface area contributed by atoms with E-state index in [0.29, 0.717) is 5.47 Å². The van der Waals surface area contributed by atoms with Crippen LogP contribution in [0.1, 0.15) is 0 Å². The van der Waals surface area contributed by atoms with Crippen molar-refractivity contribution in [1.29, 1.82) is 0 Å². The minimum absolute atomic E-state index is 0.282. The Hall–Kier alpha value is -1.06. The molecule has 0 aromatic carbocycles. The zero-order valence-corrected chi connectivity index (χ0v) is 4.39. The van der Waals surface area contributed by atoms with Crippen LogP contribution in [0.15, 0.2) is 11.5 Å². The van der Waals surface area contributed by atoms with Crippen molar-refractivity contribution in [3.8, 4) is 0 Å². The molecule has 1 heterocycles. The van der Waals surface area contributed by atoms with Crippen LogP contribution in [-0.2, 0) is 9.59 Å². The Morgan fingerprint density at radius 3 is 2.25 bits per heavy atom. The van der Waals surface area contributed by atoms with Gasteiger partial charge in [0.05, 0.1) is 0 Å². The van der Waals surface area contributed by atoms with Crippen LogP contribution in [0.5, 0.6) is 0 Å². The summed E-state index contributed by atoms with van der Waals surface area (Å²) in [6.07, 6.45) is 1.28. The molecule has 0 bridgehead atoms. The summed E-state index contributed by atoms with van der Waals surface area (Å²) in [5.41, 5.74) is 0.481. The second-order valence-corrected chi connectivity index (χ2v) is 1.65. The van der Waals surface area contributed by atoms with E-state index in [1.54, 1.807) is 7.85 Å². The smallest absolute Gasteiger partial charge is 0.250 e. The first-order valence-corrected chi connectivity index (χ1v) is 2.24. The highest BCUT2D eigenvalue weighted by Crippen LogP contribution is 1.93. The molecule has 0 aromatic rings. The Morgan fingerprint density at radius 2 is 2.12 bits per heavy atom. The summed E-state index contributed by atoms with van der Waals surface area (Å²) in [7, 11) is 1.60. The average Bonchev–Trinajstić information content (AvgIpc) is 1.85. The fourth-order valence-electron chi connectivity index (χ4n) is 0.509. The lowest BCUT2D eigenvalue weighted by molar-refractivity contribution is -0.123. The summed E-state index contributed by atoms with van der Waals surface area (Å²) in [6, 6.07) is 0. The number of carbonyl (C=O) groups excluding carboxylic acids is 2. The van der Waals surface area contributed by atoms with Crippen molar-refractivity contribution in [2.24, 2.45) is 0 Å². The normalized spacial score (nSPS) is 18.2. The summed E-state index contributed by atoms with van der Waals surface area (Å²) < 4.78 is 0. The van der Waals surface area contributed by atoms with Gasteiger partial charge < -0.3 is 0 Å². The van der Waals surface area contributed by atoms with Crippen molar-refractivity contribution in [3.63, 3.8) is 0 Å². The van der Waals surface area contributed by atoms with Gasteiger partial charge in [-0.3, -0.25) is 14.9 Å². The highest BCUT2D eigenvalue weighted by atomic mass is 16.2. The molecule has 1 rings (SSSR count). The molecule has 0 fully saturated rings. The van der Waals surface area contributed by atoms with Crippen LogP contribution >= 0.6 is 0 Å². The van der Waals surface area contributed by atoms with Crippen LogP contribution in [-0.4, -0.2) is 19.7 Å². The molecule has 0 aliphatic carbocycles. The maximum atomic E-state index is 10.4. The third-order valence-electron chi connectivity index (χ3n) is 0.942. The maximum absolute atomic E-state index is 10.4. The molecule has 1 N–H and O–H groups in total. The van der Waals surface area contributed by atoms with Crippen molar-refractivity contribution in [3.05, 3.63) is 11.5 Å². The first-order valence-electron chi connectivity index (χ1n) is 2.24. The lowest BCUT2D eigenvalue weighted by Gasteiger charge is -1.84. The van der Waals surface area contributed by atoms with Crippen molar-refractivity contribution >= 4 is 19.7 Å². The number of rotatable bonds is 0. The van der Waals surface area contributed by atoms with Gasteiger partial charge in [0.25, 0.3) is 0 Å². The van der Waals surface area contributed by atoms with Gasteiger partial charge in [-0.15, -0.1) is 0 Å². The molecular formula is C4H4BNO2. The van der Waals surface area contributed by atoms with Crippen molar-refractivity contribution in [2.75, 3.05) is 0 Å². The predicted octanol–water partition coefficient (Wildman–Crippen LogP) is -1.84. The summed E-state index contributed by atoms with van der Waals surface area (Å²) >= 11 is 0. The summed E-state index contributed by atoms with van der Waals surface area (Å²) in [6.45, 7) is 0. The minimum Gasteiger partial charge on any atom is -0.290 e. The lowest BCUT2D eigenvalue weighted by atomic mass is 9.97. The predicted molar refractivity (Wildman–Crippen MR) is 29.8 cm³/mol. The standard InChI is InChI=1S/C4H4BNO2/c5-2-1-3(7)6-4(2)8/h1H,5H2,(H,6,7,8). The van der Waals surface area contributed by atoms with Gasteiger partial charge in [-0.1, -0.05) is 0 Å². The van der Waals surface area contributed by atoms with E-state index < -0.39 is 0 Å². The molecule has 0 aromatic heterocycles. The summed E-state index contributed by atoms with van der Waals surface area (Å²) in [5, 5.41) is 2.10. The molecule has 2 amide bonds. The Bertz CT molecular complexity index is 184. The van der Waals surface area contributed by atoms with E-state index in [4.69, 9.17) is 0 Å². The van der Waals surface area contributed by atoms with Crippen LogP contribution in [0.4, 0.5) is 0 Å². The Labute approximate surface area is 47.2 Å². The van der Waals surface area contributed by atoms with Crippen LogP contribution in [0.25, 0.3) is 0 Å². The lowest BCUT2D eigenvalue weighted by Crippen LogP contribution is -2.22. The molecule has 8 heavy (non-hydrogen) atoms. The van der Waals surface area contributed by atoms with Gasteiger partial charge in [-0.2, -0.15) is 0 Å². The van der Waals surface area contributed by atoms with Gasteiger partial charge in [0.2, 0.25) is 11.8 Å². The number of amides is 2. The maximum Gasteiger partial charge on any atom is 0.250 e. The number of hydrogen-bond acceptors (Lipinski definition) is 2. The molecule has 1 aliphatic rings. The Morgan fingerprint density at radius 1 is 1.50 bits per heavy atom. The summed E-state index contributed by atoms with van der Waals surface area (Å²) in [5.74, 6) is -0.595. The van der Waals surface area contributed by atoms with Gasteiger partial charge in [-0.05, 0) is 5.47 Å². The van der Waals surface area contributed by atoms with Crippen molar-refractivity contribution in [2.45, 2.75) is 0 Å². The molecule has 0 saturated heterocycles. The molecule has 0 unspecified atom stereocenters. The van der Waals surface area contributed by atoms with E-state index in [2.05, 4.69) is 5.32 Å². The second-order valence-electron chi connectivity index (χ2n) is 1.65. The number of hydrogen-bond donors (Lipinski definition) is 1. The van der Waals surface area contributed by atoms with Crippen LogP contribution in [0.3, 0.4) is 0 Å². The van der Waals surface area contributed by atoms with Crippen LogP contribution in [0, 0.1) is 0 Å². The van der Waals surface area contributed by atoms with Gasteiger partial charge in [0.1, 0.15) is 7.85 Å². The fraction of sp³-hybridized carbons (Fsp3) is 0. The molecule has 0 atom stereocenters. The zero-order valence-electron chi connectivity index (χ0n) is 4.39. The average molecular weight is 109 g/mol. The number of imide groups is 1. The number of carbonyl (C=O) groups is 2. The van der Waals surface area contributed by atoms with E-state index in [-0.39, 0.29) is 11.8 Å². The number of nitrogens with one attached hydrogen (secondary N) is 1. The molecule has 4 heteroatoms. The molecule has 40 valence electrons. The van der Waals surface area contributed by atoms with E-state index in [0.717, 1.165) is 0 Å². The Balaban J connectivity index is 2.88. The van der Waals surface area contributed by atoms with Crippen LogP contribution in [0.2, 0.25) is 0 Å². The van der Waals surface area contributed by atoms with Crippen molar-refractivity contribution < 1.29 is 9.59 Å². The minimum atomic E-state index is -0.312. The Kier molecular flexibility index (Phi) is 0.935. The second kappa shape index (κ2) is 1.47. The molecular weight excluding hydrogens is 105 g/mol. The molecule has 1 aliphatic heterocycles. The summed E-state index contributed by atoms with van der Waals surface area (Å²) in [4.78, 5) is 20.6. The van der Waals surface area contributed by atoms with Crippen LogP contribution < -0.4 is 5.32 Å². The molecule has 0 saturated carbocycles. The SMILES string of the molecule is BC1=CC(=O)NC1=O. The van der Waals surface area contributed by atoms with Gasteiger partial charge in [0, 0.05) is 6.08 Å². The van der Waals surface area contributed by atoms with Gasteiger partial charge >= 0.3 is 0 Å². The van der Waals surface area contributed by atoms with E-state index in [9.17, 15) is 9.59 Å². The molecule has 3 nitrogen and oxygen atoms in total. The van der Waals surface area contributed by atoms with E-state index >= 15 is 0 Å². The fourth-order valence-corrected chi connectivity index (χ4v) is 0.509. The molecule has 0 radical (unpaired) electrons. The molecule has 0 spiro atoms. The monoisotopic (exact) mass is 109 g/mol. The first kappa shape index (κ1) is 5.09. The van der Waals surface area contributed by atoms with Gasteiger partial charge in [-0.25, -0.2) is 0 Å². The third kappa shape index (κ3) is 0.642. The van der Waals surface area contributed by atoms with Gasteiger partial charge in [0.15, 0.2) is 0 Å². The quantitative estimate of drug-likeness (QED) is 0.293. The topological polar surface area (TPSA) is 46.2 Å². The van der Waals surface area contributed by atoms with E-state index in [1.807, 2.05) is 0 Å². The zero-order chi connectivity index (χ0) is 6.15. The highest BCUT2D eigenvalue weighted by Gasteiger charge is 2.14. The third-order valence-corrected chi connectivity index (χ3v) is 0.942. The largest absolute Gasteiger partial charge is 0.290 e. The highest BCUT2D eigenvalue weighted by molar-refractivity contribution is 6.42. The van der Waals surface area contributed by atoms with Crippen molar-refractivity contribution in [1.82, 2.24) is 5.32 Å².